The Balaban J connectivity index is 0.00000259. The molecule has 1 N–H and O–H groups in total. The van der Waals surface area contributed by atoms with Gasteiger partial charge in [-0.1, -0.05) is 0 Å². The number of rotatable bonds is 6. The van der Waals surface area contributed by atoms with Crippen LogP contribution in [0.1, 0.15) is 6.99 Å². The van der Waals surface area contributed by atoms with Crippen LogP contribution in [0.2, 0.25) is 0 Å². The Morgan fingerprint density at radius 1 is 1.12 bits per heavy atom. The molecule has 0 unspecified atom stereocenters. The van der Waals surface area contributed by atoms with Crippen LogP contribution in [-0.2, 0) is 4.74 Å². The van der Waals surface area contributed by atoms with Crippen LogP contribution in [0.25, 0.3) is 5.69 Å². The van der Waals surface area contributed by atoms with Crippen molar-refractivity contribution in [3.8, 4) is 11.4 Å². The van der Waals surface area contributed by atoms with Crippen molar-refractivity contribution in [3.05, 3.63) is 54.1 Å². The molecule has 0 atom stereocenters. The predicted octanol–water partition coefficient (Wildman–Crippen LogP) is 3.23. The summed E-state index contributed by atoms with van der Waals surface area (Å²) in [6.45, 7) is 7.84. The minimum atomic E-state index is -0.441. The van der Waals surface area contributed by atoms with Gasteiger partial charge in [-0.15, -0.1) is 5.10 Å². The zero-order valence-corrected chi connectivity index (χ0v) is 18.3. The van der Waals surface area contributed by atoms with E-state index in [0.717, 1.165) is 50.6 Å². The molecule has 0 radical (unpaired) electrons. The largest absolute Gasteiger partial charge is 0.494 e. The number of benzene rings is 2. The Hall–Kier alpha value is -3.17. The molecule has 0 bridgehead atoms. The Kier molecular flexibility index (Phi) is 5.67. The van der Waals surface area contributed by atoms with Crippen molar-refractivity contribution in [1.82, 2.24) is 19.7 Å². The highest BCUT2D eigenvalue weighted by Crippen LogP contribution is 2.29. The van der Waals surface area contributed by atoms with Crippen LogP contribution in [0.5, 0.6) is 5.75 Å². The fraction of sp³-hybridized carbons (Fsp3) is 0.391. The molecular weight excluding hydrogens is 411 g/mol. The molecule has 5 rings (SSSR count). The first-order valence-electron chi connectivity index (χ1n) is 10.8. The number of hydrogen-bond acceptors (Lipinski definition) is 7. The Bertz CT molecular complexity index is 1100. The van der Waals surface area contributed by atoms with Crippen molar-refractivity contribution in [2.24, 2.45) is 0 Å². The lowest BCUT2D eigenvalue weighted by Gasteiger charge is -2.47. The first-order chi connectivity index (χ1) is 15.6. The molecule has 0 amide bonds. The molecule has 2 aliphatic rings. The third kappa shape index (κ3) is 4.26. The van der Waals surface area contributed by atoms with Gasteiger partial charge < -0.3 is 19.7 Å². The van der Waals surface area contributed by atoms with E-state index in [0.29, 0.717) is 17.7 Å². The first kappa shape index (κ1) is 20.7. The minimum absolute atomic E-state index is 0. The number of aromatic nitrogens is 3. The molecule has 9 heteroatoms. The number of methoxy groups -OCH3 is 1. The van der Waals surface area contributed by atoms with Gasteiger partial charge in [-0.25, -0.2) is 9.07 Å². The van der Waals surface area contributed by atoms with Crippen molar-refractivity contribution < 1.29 is 15.3 Å². The van der Waals surface area contributed by atoms with Gasteiger partial charge in [-0.05, 0) is 42.8 Å². The Morgan fingerprint density at radius 2 is 1.94 bits per heavy atom. The van der Waals surface area contributed by atoms with Gasteiger partial charge in [0.25, 0.3) is 0 Å². The molecule has 170 valence electrons. The highest BCUT2D eigenvalue weighted by Gasteiger charge is 2.32. The molecule has 2 saturated heterocycles. The summed E-state index contributed by atoms with van der Waals surface area (Å²) in [7, 11) is 1.44. The van der Waals surface area contributed by atoms with E-state index in [1.807, 2.05) is 0 Å². The number of halogens is 1. The summed E-state index contributed by atoms with van der Waals surface area (Å²) in [6.07, 6.45) is 1.56. The third-order valence-corrected chi connectivity index (χ3v) is 6.00. The summed E-state index contributed by atoms with van der Waals surface area (Å²) in [6, 6.07) is 11.7. The normalized spacial score (nSPS) is 17.3. The molecular formula is C23H29FN6O2. The molecule has 2 aromatic carbocycles. The van der Waals surface area contributed by atoms with Crippen LogP contribution in [0, 0.1) is 12.7 Å². The van der Waals surface area contributed by atoms with Gasteiger partial charge >= 0.3 is 0 Å². The maximum Gasteiger partial charge on any atom is 0.246 e. The Labute approximate surface area is 188 Å². The fourth-order valence-electron chi connectivity index (χ4n) is 4.23. The highest BCUT2D eigenvalue weighted by molar-refractivity contribution is 5.65. The number of ether oxygens (including phenoxy) is 2. The zero-order chi connectivity index (χ0) is 22.1. The molecule has 2 fully saturated rings. The smallest absolute Gasteiger partial charge is 0.246 e. The zero-order valence-electron chi connectivity index (χ0n) is 18.3. The number of aryl methyl sites for hydroxylation is 1. The molecule has 3 aromatic rings. The number of anilines is 3. The number of nitrogens with zero attached hydrogens (tertiary/aromatic N) is 5. The highest BCUT2D eigenvalue weighted by atomic mass is 19.1. The van der Waals surface area contributed by atoms with Crippen molar-refractivity contribution >= 4 is 17.3 Å². The van der Waals surface area contributed by atoms with E-state index in [1.54, 1.807) is 18.5 Å². The van der Waals surface area contributed by atoms with Gasteiger partial charge in [-0.2, -0.15) is 4.98 Å². The average molecular weight is 441 g/mol. The van der Waals surface area contributed by atoms with Gasteiger partial charge in [0.1, 0.15) is 6.33 Å². The molecule has 2 aliphatic heterocycles. The van der Waals surface area contributed by atoms with E-state index in [4.69, 9.17) is 9.47 Å². The fourth-order valence-corrected chi connectivity index (χ4v) is 4.23. The second-order valence-electron chi connectivity index (χ2n) is 8.22. The van der Waals surface area contributed by atoms with Gasteiger partial charge in [0.15, 0.2) is 11.6 Å². The Morgan fingerprint density at radius 3 is 2.69 bits per heavy atom. The molecule has 1 aromatic heterocycles. The predicted molar refractivity (Wildman–Crippen MR) is 123 cm³/mol. The quantitative estimate of drug-likeness (QED) is 0.631. The van der Waals surface area contributed by atoms with Crippen molar-refractivity contribution in [2.75, 3.05) is 56.7 Å². The van der Waals surface area contributed by atoms with Gasteiger partial charge in [-0.3, -0.25) is 4.90 Å². The summed E-state index contributed by atoms with van der Waals surface area (Å²) in [5.74, 6) is 0.206. The second kappa shape index (κ2) is 8.76. The maximum atomic E-state index is 14.0. The van der Waals surface area contributed by atoms with Crippen LogP contribution in [0.15, 0.2) is 42.7 Å². The summed E-state index contributed by atoms with van der Waals surface area (Å²) >= 11 is 0. The molecule has 3 heterocycles. The lowest BCUT2D eigenvalue weighted by Crippen LogP contribution is -2.61. The first-order valence-corrected chi connectivity index (χ1v) is 10.8. The van der Waals surface area contributed by atoms with E-state index in [1.165, 1.54) is 23.5 Å². The van der Waals surface area contributed by atoms with Crippen molar-refractivity contribution in [3.63, 3.8) is 0 Å². The van der Waals surface area contributed by atoms with Crippen LogP contribution >= 0.6 is 0 Å². The van der Waals surface area contributed by atoms with Crippen LogP contribution in [-0.4, -0.2) is 72.2 Å². The lowest BCUT2D eigenvalue weighted by molar-refractivity contribution is 0.0105. The average Bonchev–Trinajstić information content (AvgIpc) is 3.21. The summed E-state index contributed by atoms with van der Waals surface area (Å²) in [5.41, 5.74) is 3.85. The number of morpholine rings is 1. The maximum absolute atomic E-state index is 14.0. The monoisotopic (exact) mass is 440 g/mol. The van der Waals surface area contributed by atoms with Gasteiger partial charge in [0.05, 0.1) is 26.0 Å². The number of nitrogens with one attached hydrogen (secondary N) is 1. The molecule has 32 heavy (non-hydrogen) atoms. The topological polar surface area (TPSA) is 67.7 Å². The lowest BCUT2D eigenvalue weighted by atomic mass is 10.0. The summed E-state index contributed by atoms with van der Waals surface area (Å²) < 4.78 is 26.0. The van der Waals surface area contributed by atoms with Crippen LogP contribution in [0.3, 0.4) is 0 Å². The molecule has 0 aliphatic carbocycles. The van der Waals surface area contributed by atoms with E-state index in [2.05, 4.69) is 50.3 Å². The second-order valence-corrected chi connectivity index (χ2v) is 8.22. The van der Waals surface area contributed by atoms with E-state index in [9.17, 15) is 4.39 Å². The van der Waals surface area contributed by atoms with E-state index in [-0.39, 0.29) is 7.18 Å². The van der Waals surface area contributed by atoms with Crippen molar-refractivity contribution in [2.45, 2.75) is 13.0 Å². The van der Waals surface area contributed by atoms with E-state index < -0.39 is 5.82 Å². The summed E-state index contributed by atoms with van der Waals surface area (Å²) in [4.78, 5) is 9.24. The van der Waals surface area contributed by atoms with Crippen molar-refractivity contribution in [1.29, 1.82) is 0 Å². The van der Waals surface area contributed by atoms with Crippen LogP contribution in [0.4, 0.5) is 21.7 Å². The number of hydrogen-bond donors (Lipinski definition) is 1. The standard InChI is InChI=1S/C23H27FN6O2.H2/c1-16-9-17(11-19(10-16)29-13-20(14-29)28-5-7-32-8-6-28)26-23-25-15-30(27-23)18-3-4-22(31-2)21(24)12-18;/h3-4,9-12,15,20H,5-8,13-14H2,1-2H3,(H,26,27);1H. The van der Waals surface area contributed by atoms with E-state index >= 15 is 0 Å². The summed E-state index contributed by atoms with van der Waals surface area (Å²) in [5, 5.41) is 7.71. The molecule has 0 saturated carbocycles. The molecule has 8 nitrogen and oxygen atoms in total. The van der Waals surface area contributed by atoms with Gasteiger partial charge in [0.2, 0.25) is 5.95 Å². The third-order valence-electron chi connectivity index (χ3n) is 6.00. The molecule has 0 spiro atoms. The van der Waals surface area contributed by atoms with Gasteiger partial charge in [0, 0.05) is 51.1 Å². The SMILES string of the molecule is COc1ccc(-n2cnc(Nc3cc(C)cc(N4CC(N5CCOCC5)C4)c3)n2)cc1F.[HH]. The van der Waals surface area contributed by atoms with Crippen LogP contribution < -0.4 is 15.0 Å². The minimum Gasteiger partial charge on any atom is -0.494 e.